The average Bonchev–Trinajstić information content (AvgIpc) is 3.17. The molecule has 5 N–H and O–H groups in total. The molecule has 1 aromatic heterocycles. The number of nitrogens with two attached hydrogens (primary N) is 1. The first kappa shape index (κ1) is 22.2. The lowest BCUT2D eigenvalue weighted by atomic mass is 9.86. The Morgan fingerprint density at radius 1 is 1.27 bits per heavy atom. The van der Waals surface area contributed by atoms with Crippen LogP contribution in [0, 0.1) is 0 Å². The van der Waals surface area contributed by atoms with Crippen LogP contribution in [0.5, 0.6) is 0 Å². The van der Waals surface area contributed by atoms with Gasteiger partial charge in [-0.15, -0.1) is 11.3 Å². The molecule has 1 fully saturated rings. The van der Waals surface area contributed by atoms with Crippen molar-refractivity contribution < 1.29 is 23.1 Å². The number of carbonyl (C=O) groups excluding carboxylic acids is 1. The molecular formula is C19H24N4O5S2. The van der Waals surface area contributed by atoms with Crippen LogP contribution < -0.4 is 15.8 Å². The zero-order chi connectivity index (χ0) is 21.9. The minimum absolute atomic E-state index is 0.00906. The summed E-state index contributed by atoms with van der Waals surface area (Å²) in [5, 5.41) is 12.3. The monoisotopic (exact) mass is 452 g/mol. The number of nitrogens with one attached hydrogen (secondary N) is 2. The van der Waals surface area contributed by atoms with E-state index in [0.29, 0.717) is 10.4 Å². The fourth-order valence-corrected chi connectivity index (χ4v) is 6.11. The quantitative estimate of drug-likeness (QED) is 0.506. The van der Waals surface area contributed by atoms with E-state index >= 15 is 0 Å². The highest BCUT2D eigenvalue weighted by Gasteiger charge is 2.27. The van der Waals surface area contributed by atoms with Gasteiger partial charge in [0.05, 0.1) is 14.8 Å². The summed E-state index contributed by atoms with van der Waals surface area (Å²) < 4.78 is 27.9. The number of hydrogen-bond donors (Lipinski definition) is 4. The van der Waals surface area contributed by atoms with Crippen molar-refractivity contribution in [3.05, 3.63) is 35.0 Å². The smallest absolute Gasteiger partial charge is 0.404 e. The normalized spacial score (nSPS) is 19.4. The van der Waals surface area contributed by atoms with Crippen molar-refractivity contribution in [1.29, 1.82) is 0 Å². The molecule has 2 amide bonds. The Labute approximate surface area is 178 Å². The highest BCUT2D eigenvalue weighted by Crippen LogP contribution is 2.39. The SMILES string of the molecule is CCNS(=O)(=O)c1cc(C(N)=O)ccc1-c1cnc([C@H]2CC[C@H](NC(=O)O)CC2)s1. The van der Waals surface area contributed by atoms with Crippen LogP contribution in [0.3, 0.4) is 0 Å². The lowest BCUT2D eigenvalue weighted by Gasteiger charge is -2.27. The lowest BCUT2D eigenvalue weighted by molar-refractivity contribution is 0.1000. The maximum Gasteiger partial charge on any atom is 0.404 e. The van der Waals surface area contributed by atoms with Crippen molar-refractivity contribution in [2.75, 3.05) is 6.54 Å². The van der Waals surface area contributed by atoms with Crippen molar-refractivity contribution in [2.45, 2.75) is 49.5 Å². The summed E-state index contributed by atoms with van der Waals surface area (Å²) in [5.41, 5.74) is 5.90. The molecule has 0 radical (unpaired) electrons. The molecule has 1 saturated carbocycles. The topological polar surface area (TPSA) is 151 Å². The molecule has 1 aromatic carbocycles. The summed E-state index contributed by atoms with van der Waals surface area (Å²) in [6.45, 7) is 1.89. The second-order valence-electron chi connectivity index (χ2n) is 7.14. The molecule has 1 aliphatic carbocycles. The molecule has 0 spiro atoms. The van der Waals surface area contributed by atoms with Gasteiger partial charge in [-0.3, -0.25) is 4.79 Å². The summed E-state index contributed by atoms with van der Waals surface area (Å²) in [7, 11) is -3.82. The van der Waals surface area contributed by atoms with Gasteiger partial charge in [-0.25, -0.2) is 22.9 Å². The summed E-state index contributed by atoms with van der Waals surface area (Å²) in [6, 6.07) is 4.33. The van der Waals surface area contributed by atoms with Gasteiger partial charge in [0.1, 0.15) is 0 Å². The van der Waals surface area contributed by atoms with Gasteiger partial charge >= 0.3 is 6.09 Å². The van der Waals surface area contributed by atoms with Crippen LogP contribution in [0.1, 0.15) is 53.9 Å². The summed E-state index contributed by atoms with van der Waals surface area (Å²) >= 11 is 1.41. The Hall–Kier alpha value is -2.50. The van der Waals surface area contributed by atoms with Gasteiger partial charge in [-0.1, -0.05) is 13.0 Å². The Morgan fingerprint density at radius 2 is 1.97 bits per heavy atom. The minimum atomic E-state index is -3.82. The number of hydrogen-bond acceptors (Lipinski definition) is 6. The fraction of sp³-hybridized carbons (Fsp3) is 0.421. The number of amides is 2. The maximum absolute atomic E-state index is 12.7. The van der Waals surface area contributed by atoms with Crippen LogP contribution in [0.4, 0.5) is 4.79 Å². The van der Waals surface area contributed by atoms with Crippen molar-refractivity contribution in [1.82, 2.24) is 15.0 Å². The first-order valence-corrected chi connectivity index (χ1v) is 11.9. The first-order chi connectivity index (χ1) is 14.2. The van der Waals surface area contributed by atoms with Crippen LogP contribution >= 0.6 is 11.3 Å². The van der Waals surface area contributed by atoms with E-state index in [-0.39, 0.29) is 29.0 Å². The molecule has 0 atom stereocenters. The Morgan fingerprint density at radius 3 is 2.57 bits per heavy atom. The maximum atomic E-state index is 12.7. The molecule has 1 heterocycles. The van der Waals surface area contributed by atoms with Gasteiger partial charge in [-0.05, 0) is 37.8 Å². The zero-order valence-corrected chi connectivity index (χ0v) is 18.1. The van der Waals surface area contributed by atoms with E-state index in [4.69, 9.17) is 10.8 Å². The van der Waals surface area contributed by atoms with E-state index in [2.05, 4.69) is 15.0 Å². The third kappa shape index (κ3) is 4.97. The summed E-state index contributed by atoms with van der Waals surface area (Å²) in [6.07, 6.45) is 3.72. The van der Waals surface area contributed by atoms with E-state index in [0.717, 1.165) is 30.7 Å². The number of sulfonamides is 1. The van der Waals surface area contributed by atoms with Crippen LogP contribution in [-0.2, 0) is 10.0 Å². The number of thiazole rings is 1. The van der Waals surface area contributed by atoms with Crippen molar-refractivity contribution in [3.63, 3.8) is 0 Å². The van der Waals surface area contributed by atoms with Gasteiger partial charge < -0.3 is 16.2 Å². The van der Waals surface area contributed by atoms with Gasteiger partial charge in [0, 0.05) is 35.8 Å². The Bertz CT molecular complexity index is 1040. The third-order valence-electron chi connectivity index (χ3n) is 5.08. The first-order valence-electron chi connectivity index (χ1n) is 9.60. The van der Waals surface area contributed by atoms with Crippen LogP contribution in [0.25, 0.3) is 10.4 Å². The van der Waals surface area contributed by atoms with E-state index in [1.54, 1.807) is 19.2 Å². The van der Waals surface area contributed by atoms with Crippen molar-refractivity contribution >= 4 is 33.4 Å². The average molecular weight is 453 g/mol. The van der Waals surface area contributed by atoms with E-state index in [1.165, 1.54) is 23.5 Å². The molecule has 11 heteroatoms. The second kappa shape index (κ2) is 9.11. The number of primary amides is 1. The molecular weight excluding hydrogens is 428 g/mol. The molecule has 0 unspecified atom stereocenters. The van der Waals surface area contributed by atoms with E-state index < -0.39 is 22.0 Å². The highest BCUT2D eigenvalue weighted by molar-refractivity contribution is 7.89. The number of carbonyl (C=O) groups is 2. The molecule has 0 saturated heterocycles. The van der Waals surface area contributed by atoms with Gasteiger partial charge in [0.2, 0.25) is 15.9 Å². The molecule has 9 nitrogen and oxygen atoms in total. The van der Waals surface area contributed by atoms with Crippen LogP contribution in [0.15, 0.2) is 29.3 Å². The van der Waals surface area contributed by atoms with Gasteiger partial charge in [0.25, 0.3) is 0 Å². The Balaban J connectivity index is 1.88. The van der Waals surface area contributed by atoms with Crippen LogP contribution in [-0.4, -0.2) is 43.1 Å². The number of rotatable bonds is 7. The summed E-state index contributed by atoms with van der Waals surface area (Å²) in [5.74, 6) is -0.500. The minimum Gasteiger partial charge on any atom is -0.465 e. The van der Waals surface area contributed by atoms with Crippen LogP contribution in [0.2, 0.25) is 0 Å². The molecule has 3 rings (SSSR count). The molecule has 30 heavy (non-hydrogen) atoms. The number of nitrogens with zero attached hydrogens (tertiary/aromatic N) is 1. The predicted molar refractivity (Wildman–Crippen MR) is 113 cm³/mol. The van der Waals surface area contributed by atoms with Gasteiger partial charge in [0.15, 0.2) is 0 Å². The fourth-order valence-electron chi connectivity index (χ4n) is 3.63. The van der Waals surface area contributed by atoms with Crippen molar-refractivity contribution in [2.24, 2.45) is 5.73 Å². The highest BCUT2D eigenvalue weighted by atomic mass is 32.2. The Kier molecular flexibility index (Phi) is 6.74. The van der Waals surface area contributed by atoms with E-state index in [9.17, 15) is 18.0 Å². The third-order valence-corrected chi connectivity index (χ3v) is 7.86. The molecule has 0 bridgehead atoms. The molecule has 1 aliphatic rings. The second-order valence-corrected chi connectivity index (χ2v) is 9.93. The van der Waals surface area contributed by atoms with E-state index in [1.807, 2.05) is 0 Å². The largest absolute Gasteiger partial charge is 0.465 e. The lowest BCUT2D eigenvalue weighted by Crippen LogP contribution is -2.36. The number of carboxylic acid groups (broad SMARTS) is 1. The zero-order valence-electron chi connectivity index (χ0n) is 16.4. The molecule has 162 valence electrons. The molecule has 0 aliphatic heterocycles. The number of aromatic nitrogens is 1. The van der Waals surface area contributed by atoms with Gasteiger partial charge in [-0.2, -0.15) is 0 Å². The molecule has 2 aromatic rings. The summed E-state index contributed by atoms with van der Waals surface area (Å²) in [4.78, 5) is 27.5. The number of benzene rings is 1. The van der Waals surface area contributed by atoms with Crippen molar-refractivity contribution in [3.8, 4) is 10.4 Å². The predicted octanol–water partition coefficient (Wildman–Crippen LogP) is 2.50. The standard InChI is InChI=1S/C19H24N4O5S2/c1-2-22-30(27,28)16-9-12(17(20)24)5-8-14(16)15-10-21-18(29-15)11-3-6-13(7-4-11)23-19(25)26/h5,8-11,13,22-23H,2-4,6-7H2,1H3,(H2,20,24)(H,25,26)/t11-,13-.